The molecule has 10 nitrogen and oxygen atoms in total. The zero-order valence-corrected chi connectivity index (χ0v) is 21.7. The summed E-state index contributed by atoms with van der Waals surface area (Å²) in [5, 5.41) is 12.6. The average molecular weight is 526 g/mol. The fourth-order valence-corrected chi connectivity index (χ4v) is 5.81. The van der Waals surface area contributed by atoms with Crippen molar-refractivity contribution < 1.29 is 19.2 Å². The third kappa shape index (κ3) is 5.90. The molecule has 2 aliphatic heterocycles. The van der Waals surface area contributed by atoms with Crippen molar-refractivity contribution in [3.05, 3.63) is 57.6 Å². The SMILES string of the molecule is Cc1ccc2nc(N(CCCN3CCOCC3)C(=O)c3ccc(N4CCOCC4)c([N+](=O)[O-])c3)sc2c1. The fraction of sp³-hybridized carbons (Fsp3) is 0.462. The monoisotopic (exact) mass is 525 g/mol. The van der Waals surface area contributed by atoms with Crippen LogP contribution in [0.1, 0.15) is 22.3 Å². The first kappa shape index (κ1) is 25.5. The van der Waals surface area contributed by atoms with Crippen molar-refractivity contribution >= 4 is 44.0 Å². The van der Waals surface area contributed by atoms with Gasteiger partial charge >= 0.3 is 0 Å². The highest BCUT2D eigenvalue weighted by Gasteiger charge is 2.27. The second kappa shape index (κ2) is 11.5. The first-order chi connectivity index (χ1) is 18.0. The molecule has 37 heavy (non-hydrogen) atoms. The molecule has 0 N–H and O–H groups in total. The molecule has 0 aliphatic carbocycles. The first-order valence-electron chi connectivity index (χ1n) is 12.6. The van der Waals surface area contributed by atoms with Crippen LogP contribution in [0.3, 0.4) is 0 Å². The summed E-state index contributed by atoms with van der Waals surface area (Å²) in [7, 11) is 0. The van der Waals surface area contributed by atoms with E-state index < -0.39 is 4.92 Å². The number of fused-ring (bicyclic) bond motifs is 1. The van der Waals surface area contributed by atoms with E-state index in [4.69, 9.17) is 14.5 Å². The second-order valence-corrected chi connectivity index (χ2v) is 10.3. The highest BCUT2D eigenvalue weighted by Crippen LogP contribution is 2.33. The number of anilines is 2. The summed E-state index contributed by atoms with van der Waals surface area (Å²) >= 11 is 1.47. The predicted molar refractivity (Wildman–Crippen MR) is 144 cm³/mol. The van der Waals surface area contributed by atoms with Gasteiger partial charge in [-0.05, 0) is 43.2 Å². The Labute approximate surface area is 219 Å². The number of morpholine rings is 2. The molecule has 0 unspecified atom stereocenters. The van der Waals surface area contributed by atoms with Gasteiger partial charge < -0.3 is 14.4 Å². The Balaban J connectivity index is 1.43. The summed E-state index contributed by atoms with van der Waals surface area (Å²) in [5.74, 6) is -0.283. The molecule has 3 aromatic rings. The molecule has 1 amide bonds. The average Bonchev–Trinajstić information content (AvgIpc) is 3.34. The normalized spacial score (nSPS) is 16.7. The van der Waals surface area contributed by atoms with Crippen molar-refractivity contribution in [2.75, 3.05) is 75.5 Å². The third-order valence-electron chi connectivity index (χ3n) is 6.74. The van der Waals surface area contributed by atoms with E-state index in [9.17, 15) is 14.9 Å². The lowest BCUT2D eigenvalue weighted by Gasteiger charge is -2.29. The van der Waals surface area contributed by atoms with Gasteiger partial charge in [-0.2, -0.15) is 0 Å². The van der Waals surface area contributed by atoms with Crippen LogP contribution in [0.2, 0.25) is 0 Å². The molecule has 3 heterocycles. The lowest BCUT2D eigenvalue weighted by molar-refractivity contribution is -0.384. The van der Waals surface area contributed by atoms with Crippen molar-refractivity contribution in [3.63, 3.8) is 0 Å². The molecular formula is C26H31N5O5S. The van der Waals surface area contributed by atoms with Crippen molar-refractivity contribution in [2.24, 2.45) is 0 Å². The number of rotatable bonds is 8. The summed E-state index contributed by atoms with van der Waals surface area (Å²) in [4.78, 5) is 36.1. The number of benzene rings is 2. The van der Waals surface area contributed by atoms with E-state index in [2.05, 4.69) is 11.0 Å². The zero-order chi connectivity index (χ0) is 25.8. The largest absolute Gasteiger partial charge is 0.379 e. The van der Waals surface area contributed by atoms with Crippen LogP contribution < -0.4 is 9.80 Å². The lowest BCUT2D eigenvalue weighted by atomic mass is 10.1. The van der Waals surface area contributed by atoms with Crippen LogP contribution in [0.25, 0.3) is 10.2 Å². The fourth-order valence-electron chi connectivity index (χ4n) is 4.73. The van der Waals surface area contributed by atoms with Crippen LogP contribution in [-0.2, 0) is 9.47 Å². The topological polar surface area (TPSA) is 101 Å². The maximum atomic E-state index is 13.8. The summed E-state index contributed by atoms with van der Waals surface area (Å²) in [6, 6.07) is 10.8. The number of nitro groups is 1. The maximum Gasteiger partial charge on any atom is 0.293 e. The Bertz CT molecular complexity index is 1270. The van der Waals surface area contributed by atoms with E-state index in [1.807, 2.05) is 24.0 Å². The van der Waals surface area contributed by atoms with E-state index in [-0.39, 0.29) is 17.2 Å². The highest BCUT2D eigenvalue weighted by atomic mass is 32.1. The van der Waals surface area contributed by atoms with Gasteiger partial charge in [-0.25, -0.2) is 4.98 Å². The van der Waals surface area contributed by atoms with E-state index in [0.29, 0.717) is 43.7 Å². The maximum absolute atomic E-state index is 13.8. The number of ether oxygens (including phenoxy) is 2. The van der Waals surface area contributed by atoms with Crippen LogP contribution in [0, 0.1) is 17.0 Å². The van der Waals surface area contributed by atoms with Crippen LogP contribution in [0.4, 0.5) is 16.5 Å². The molecule has 0 spiro atoms. The van der Waals surface area contributed by atoms with Gasteiger partial charge in [-0.3, -0.25) is 24.7 Å². The van der Waals surface area contributed by atoms with Gasteiger partial charge in [-0.1, -0.05) is 17.4 Å². The molecule has 2 aliphatic rings. The number of aryl methyl sites for hydroxylation is 1. The van der Waals surface area contributed by atoms with Crippen molar-refractivity contribution in [2.45, 2.75) is 13.3 Å². The number of hydrogen-bond donors (Lipinski definition) is 0. The molecule has 5 rings (SSSR count). The molecule has 0 saturated carbocycles. The Kier molecular flexibility index (Phi) is 7.94. The Morgan fingerprint density at radius 2 is 1.81 bits per heavy atom. The molecule has 2 aromatic carbocycles. The van der Waals surface area contributed by atoms with Gasteiger partial charge in [0.05, 0.1) is 41.6 Å². The molecule has 1 aromatic heterocycles. The minimum absolute atomic E-state index is 0.0686. The number of hydrogen-bond acceptors (Lipinski definition) is 9. The molecule has 11 heteroatoms. The molecule has 196 valence electrons. The van der Waals surface area contributed by atoms with Gasteiger partial charge in [0.2, 0.25) is 0 Å². The van der Waals surface area contributed by atoms with Gasteiger partial charge in [0, 0.05) is 50.9 Å². The second-order valence-electron chi connectivity index (χ2n) is 9.29. The van der Waals surface area contributed by atoms with Crippen LogP contribution in [0.5, 0.6) is 0 Å². The van der Waals surface area contributed by atoms with Gasteiger partial charge in [-0.15, -0.1) is 0 Å². The minimum Gasteiger partial charge on any atom is -0.379 e. The molecule has 0 atom stereocenters. The van der Waals surface area contributed by atoms with Crippen LogP contribution in [-0.4, -0.2) is 86.4 Å². The first-order valence-corrected chi connectivity index (χ1v) is 13.4. The Hall–Kier alpha value is -3.12. The summed E-state index contributed by atoms with van der Waals surface area (Å²) in [5.41, 5.74) is 2.69. The van der Waals surface area contributed by atoms with Gasteiger partial charge in [0.25, 0.3) is 11.6 Å². The molecule has 0 radical (unpaired) electrons. The summed E-state index contributed by atoms with van der Waals surface area (Å²) in [6.45, 7) is 8.73. The number of carbonyl (C=O) groups is 1. The Morgan fingerprint density at radius 3 is 2.54 bits per heavy atom. The smallest absolute Gasteiger partial charge is 0.293 e. The van der Waals surface area contributed by atoms with Crippen LogP contribution >= 0.6 is 11.3 Å². The number of nitro benzene ring substituents is 1. The zero-order valence-electron chi connectivity index (χ0n) is 20.9. The van der Waals surface area contributed by atoms with Crippen molar-refractivity contribution in [1.29, 1.82) is 0 Å². The molecule has 2 saturated heterocycles. The number of aromatic nitrogens is 1. The number of thiazole rings is 1. The quantitative estimate of drug-likeness (QED) is 0.324. The van der Waals surface area contributed by atoms with Crippen LogP contribution in [0.15, 0.2) is 36.4 Å². The molecule has 0 bridgehead atoms. The number of amides is 1. The van der Waals surface area contributed by atoms with E-state index in [0.717, 1.165) is 55.0 Å². The van der Waals surface area contributed by atoms with Gasteiger partial charge in [0.15, 0.2) is 5.13 Å². The van der Waals surface area contributed by atoms with Crippen molar-refractivity contribution in [3.8, 4) is 0 Å². The minimum atomic E-state index is -0.412. The molecular weight excluding hydrogens is 494 g/mol. The number of nitrogens with zero attached hydrogens (tertiary/aromatic N) is 5. The lowest BCUT2D eigenvalue weighted by Crippen LogP contribution is -2.39. The predicted octanol–water partition coefficient (Wildman–Crippen LogP) is 3.72. The third-order valence-corrected chi connectivity index (χ3v) is 7.78. The van der Waals surface area contributed by atoms with E-state index >= 15 is 0 Å². The van der Waals surface area contributed by atoms with E-state index in [1.54, 1.807) is 17.0 Å². The standard InChI is InChI=1S/C26H31N5O5S/c1-19-3-5-21-24(17-19)37-26(27-21)30(8-2-7-28-9-13-35-14-10-28)25(32)20-4-6-22(23(18-20)31(33)34)29-11-15-36-16-12-29/h3-6,17-18H,2,7-16H2,1H3. The summed E-state index contributed by atoms with van der Waals surface area (Å²) < 4.78 is 11.8. The van der Waals surface area contributed by atoms with Crippen molar-refractivity contribution in [1.82, 2.24) is 9.88 Å². The van der Waals surface area contributed by atoms with E-state index in [1.165, 1.54) is 17.4 Å². The van der Waals surface area contributed by atoms with Gasteiger partial charge in [0.1, 0.15) is 5.69 Å². The highest BCUT2D eigenvalue weighted by molar-refractivity contribution is 7.22. The molecule has 2 fully saturated rings. The number of carbonyl (C=O) groups excluding carboxylic acids is 1. The summed E-state index contributed by atoms with van der Waals surface area (Å²) in [6.07, 6.45) is 0.759. The Morgan fingerprint density at radius 1 is 1.08 bits per heavy atom.